The molecular formula is C16H23NO2. The number of benzene rings is 1. The van der Waals surface area contributed by atoms with Gasteiger partial charge in [0, 0.05) is 31.1 Å². The Labute approximate surface area is 115 Å². The summed E-state index contributed by atoms with van der Waals surface area (Å²) in [5, 5.41) is 0. The van der Waals surface area contributed by atoms with Crippen LogP contribution in [0.3, 0.4) is 0 Å². The van der Waals surface area contributed by atoms with Crippen LogP contribution in [-0.2, 0) is 4.79 Å². The minimum Gasteiger partial charge on any atom is -0.494 e. The predicted octanol–water partition coefficient (Wildman–Crippen LogP) is 3.28. The number of carbonyl (C=O) groups excluding carboxylic acids is 1. The molecule has 1 fully saturated rings. The maximum atomic E-state index is 11.9. The summed E-state index contributed by atoms with van der Waals surface area (Å²) in [6.07, 6.45) is 2.67. The van der Waals surface area contributed by atoms with Crippen molar-refractivity contribution in [2.45, 2.75) is 33.1 Å². The zero-order valence-electron chi connectivity index (χ0n) is 11.9. The number of ether oxygens (including phenoxy) is 1. The van der Waals surface area contributed by atoms with E-state index in [0.29, 0.717) is 12.4 Å². The number of ketones is 1. The van der Waals surface area contributed by atoms with E-state index in [2.05, 4.69) is 24.0 Å². The van der Waals surface area contributed by atoms with Crippen LogP contribution in [0.15, 0.2) is 24.3 Å². The third kappa shape index (κ3) is 3.49. The van der Waals surface area contributed by atoms with Crippen molar-refractivity contribution in [2.75, 3.05) is 24.6 Å². The van der Waals surface area contributed by atoms with Crippen molar-refractivity contribution < 1.29 is 9.53 Å². The van der Waals surface area contributed by atoms with E-state index in [4.69, 9.17) is 4.74 Å². The number of carbonyl (C=O) groups is 1. The molecule has 0 N–H and O–H groups in total. The maximum Gasteiger partial charge on any atom is 0.137 e. The molecule has 1 aromatic rings. The van der Waals surface area contributed by atoms with Gasteiger partial charge in [0.15, 0.2) is 0 Å². The first kappa shape index (κ1) is 13.9. The van der Waals surface area contributed by atoms with Gasteiger partial charge in [-0.15, -0.1) is 0 Å². The largest absolute Gasteiger partial charge is 0.494 e. The second kappa shape index (κ2) is 6.60. The first-order valence-corrected chi connectivity index (χ1v) is 7.25. The zero-order chi connectivity index (χ0) is 13.7. The van der Waals surface area contributed by atoms with Crippen LogP contribution in [-0.4, -0.2) is 25.5 Å². The Morgan fingerprint density at radius 3 is 2.68 bits per heavy atom. The lowest BCUT2D eigenvalue weighted by atomic mass is 10.00. The van der Waals surface area contributed by atoms with Crippen LogP contribution < -0.4 is 9.64 Å². The molecule has 0 aliphatic carbocycles. The molecule has 3 nitrogen and oxygen atoms in total. The summed E-state index contributed by atoms with van der Waals surface area (Å²) < 4.78 is 5.44. The monoisotopic (exact) mass is 261 g/mol. The second-order valence-corrected chi connectivity index (χ2v) is 5.07. The van der Waals surface area contributed by atoms with Crippen LogP contribution in [0.2, 0.25) is 0 Å². The Morgan fingerprint density at radius 2 is 2.05 bits per heavy atom. The molecule has 1 atom stereocenters. The molecule has 19 heavy (non-hydrogen) atoms. The van der Waals surface area contributed by atoms with Gasteiger partial charge in [0.2, 0.25) is 0 Å². The van der Waals surface area contributed by atoms with Gasteiger partial charge < -0.3 is 9.64 Å². The van der Waals surface area contributed by atoms with Crippen molar-refractivity contribution in [3.8, 4) is 5.75 Å². The van der Waals surface area contributed by atoms with Crippen LogP contribution >= 0.6 is 0 Å². The summed E-state index contributed by atoms with van der Waals surface area (Å²) in [7, 11) is 0. The summed E-state index contributed by atoms with van der Waals surface area (Å²) in [4.78, 5) is 14.2. The smallest absolute Gasteiger partial charge is 0.137 e. The lowest BCUT2D eigenvalue weighted by molar-refractivity contribution is -0.122. The third-order valence-corrected chi connectivity index (χ3v) is 3.65. The molecule has 0 spiro atoms. The Hall–Kier alpha value is -1.51. The molecular weight excluding hydrogens is 238 g/mol. The number of hydrogen-bond acceptors (Lipinski definition) is 3. The number of rotatable bonds is 6. The first-order chi connectivity index (χ1) is 9.24. The highest BCUT2D eigenvalue weighted by Crippen LogP contribution is 2.26. The Kier molecular flexibility index (Phi) is 4.83. The van der Waals surface area contributed by atoms with E-state index in [1.54, 1.807) is 0 Å². The lowest BCUT2D eigenvalue weighted by Crippen LogP contribution is -2.22. The average molecular weight is 261 g/mol. The third-order valence-electron chi connectivity index (χ3n) is 3.65. The fourth-order valence-electron chi connectivity index (χ4n) is 2.63. The van der Waals surface area contributed by atoms with Crippen LogP contribution in [0.5, 0.6) is 5.75 Å². The van der Waals surface area contributed by atoms with Gasteiger partial charge in [0.25, 0.3) is 0 Å². The molecule has 1 aliphatic heterocycles. The minimum atomic E-state index is 0.228. The molecule has 1 aromatic carbocycles. The molecule has 0 radical (unpaired) electrons. The van der Waals surface area contributed by atoms with Crippen molar-refractivity contribution in [3.63, 3.8) is 0 Å². The molecule has 1 aliphatic rings. The van der Waals surface area contributed by atoms with Gasteiger partial charge in [-0.3, -0.25) is 4.79 Å². The highest BCUT2D eigenvalue weighted by atomic mass is 16.5. The second-order valence-electron chi connectivity index (χ2n) is 5.07. The Balaban J connectivity index is 1.94. The first-order valence-electron chi connectivity index (χ1n) is 7.25. The molecule has 1 unspecified atom stereocenters. The molecule has 1 saturated heterocycles. The fourth-order valence-corrected chi connectivity index (χ4v) is 2.63. The molecule has 3 heteroatoms. The van der Waals surface area contributed by atoms with E-state index in [9.17, 15) is 4.79 Å². The average Bonchev–Trinajstić information content (AvgIpc) is 2.90. The molecule has 0 amide bonds. The van der Waals surface area contributed by atoms with Crippen molar-refractivity contribution in [1.82, 2.24) is 0 Å². The molecule has 1 heterocycles. The van der Waals surface area contributed by atoms with E-state index in [-0.39, 0.29) is 5.92 Å². The number of hydrogen-bond donors (Lipinski definition) is 0. The van der Waals surface area contributed by atoms with Crippen molar-refractivity contribution in [3.05, 3.63) is 24.3 Å². The summed E-state index contributed by atoms with van der Waals surface area (Å²) in [6, 6.07) is 8.16. The minimum absolute atomic E-state index is 0.228. The Bertz CT molecular complexity index is 413. The number of nitrogens with zero attached hydrogens (tertiary/aromatic N) is 1. The van der Waals surface area contributed by atoms with E-state index in [1.807, 2.05) is 19.1 Å². The summed E-state index contributed by atoms with van der Waals surface area (Å²) in [5.41, 5.74) is 1.19. The van der Waals surface area contributed by atoms with Crippen LogP contribution in [0.25, 0.3) is 0 Å². The summed E-state index contributed by atoms with van der Waals surface area (Å²) in [5.74, 6) is 1.56. The van der Waals surface area contributed by atoms with Crippen LogP contribution in [0.1, 0.15) is 33.1 Å². The van der Waals surface area contributed by atoms with E-state index in [1.165, 1.54) is 5.69 Å². The van der Waals surface area contributed by atoms with Gasteiger partial charge in [-0.25, -0.2) is 0 Å². The molecule has 104 valence electrons. The van der Waals surface area contributed by atoms with Crippen LogP contribution in [0, 0.1) is 5.92 Å². The van der Waals surface area contributed by atoms with Gasteiger partial charge in [-0.1, -0.05) is 6.92 Å². The van der Waals surface area contributed by atoms with Gasteiger partial charge in [-0.05, 0) is 44.0 Å². The fraction of sp³-hybridized carbons (Fsp3) is 0.562. The Morgan fingerprint density at radius 1 is 1.32 bits per heavy atom. The van der Waals surface area contributed by atoms with E-state index < -0.39 is 0 Å². The SMILES string of the molecule is CCCC(=O)C1CCN(c2ccc(OCC)cc2)C1. The quantitative estimate of drug-likeness (QED) is 0.787. The van der Waals surface area contributed by atoms with E-state index in [0.717, 1.165) is 38.1 Å². The molecule has 0 saturated carbocycles. The van der Waals surface area contributed by atoms with Gasteiger partial charge >= 0.3 is 0 Å². The molecule has 0 aromatic heterocycles. The topological polar surface area (TPSA) is 29.5 Å². The van der Waals surface area contributed by atoms with E-state index >= 15 is 0 Å². The molecule has 2 rings (SSSR count). The molecule has 0 bridgehead atoms. The zero-order valence-corrected chi connectivity index (χ0v) is 11.9. The lowest BCUT2D eigenvalue weighted by Gasteiger charge is -2.18. The summed E-state index contributed by atoms with van der Waals surface area (Å²) >= 11 is 0. The van der Waals surface area contributed by atoms with Crippen molar-refractivity contribution in [1.29, 1.82) is 0 Å². The highest BCUT2D eigenvalue weighted by molar-refractivity contribution is 5.82. The van der Waals surface area contributed by atoms with Crippen molar-refractivity contribution >= 4 is 11.5 Å². The van der Waals surface area contributed by atoms with Gasteiger partial charge in [0.1, 0.15) is 11.5 Å². The van der Waals surface area contributed by atoms with Gasteiger partial charge in [-0.2, -0.15) is 0 Å². The summed E-state index contributed by atoms with van der Waals surface area (Å²) in [6.45, 7) is 6.59. The highest BCUT2D eigenvalue weighted by Gasteiger charge is 2.27. The standard InChI is InChI=1S/C16H23NO2/c1-3-5-16(18)13-10-11-17(12-13)14-6-8-15(9-7-14)19-4-2/h6-9,13H,3-5,10-12H2,1-2H3. The predicted molar refractivity (Wildman–Crippen MR) is 77.8 cm³/mol. The normalized spacial score (nSPS) is 18.6. The number of anilines is 1. The van der Waals surface area contributed by atoms with Gasteiger partial charge in [0.05, 0.1) is 6.61 Å². The maximum absolute atomic E-state index is 11.9. The number of Topliss-reactive ketones (excluding diaryl/α,β-unsaturated/α-hetero) is 1. The van der Waals surface area contributed by atoms with Crippen LogP contribution in [0.4, 0.5) is 5.69 Å². The van der Waals surface area contributed by atoms with Crippen molar-refractivity contribution in [2.24, 2.45) is 5.92 Å².